The third kappa shape index (κ3) is 2.26. The van der Waals surface area contributed by atoms with Crippen molar-refractivity contribution in [2.75, 3.05) is 13.1 Å². The fraction of sp³-hybridized carbons (Fsp3) is 0.867. The molecule has 1 spiro atoms. The molecule has 3 unspecified atom stereocenters. The molecule has 2 aliphatic carbocycles. The number of likely N-dealkylation sites (tertiary alicyclic amines) is 1. The Bertz CT molecular complexity index is 400. The first-order chi connectivity index (χ1) is 9.02. The number of rotatable bonds is 2. The second-order valence-electron chi connectivity index (χ2n) is 6.95. The number of nitrogens with zero attached hydrogens (tertiary/aromatic N) is 1. The predicted molar refractivity (Wildman–Crippen MR) is 70.5 cm³/mol. The van der Waals surface area contributed by atoms with E-state index in [2.05, 4.69) is 0 Å². The summed E-state index contributed by atoms with van der Waals surface area (Å²) in [6, 6.07) is 0. The van der Waals surface area contributed by atoms with E-state index in [0.29, 0.717) is 24.3 Å². The van der Waals surface area contributed by atoms with Gasteiger partial charge in [-0.15, -0.1) is 0 Å². The molecule has 3 rings (SSSR count). The molecule has 4 heteroatoms. The lowest BCUT2D eigenvalue weighted by molar-refractivity contribution is -0.147. The van der Waals surface area contributed by atoms with Crippen LogP contribution in [-0.4, -0.2) is 35.0 Å². The monoisotopic (exact) mass is 265 g/mol. The van der Waals surface area contributed by atoms with Crippen molar-refractivity contribution in [1.82, 2.24) is 4.90 Å². The topological polar surface area (TPSA) is 57.6 Å². The van der Waals surface area contributed by atoms with Gasteiger partial charge in [0, 0.05) is 19.0 Å². The Morgan fingerprint density at radius 3 is 2.53 bits per heavy atom. The quantitative estimate of drug-likeness (QED) is 0.832. The van der Waals surface area contributed by atoms with E-state index in [1.165, 1.54) is 25.7 Å². The molecule has 0 aromatic heterocycles. The number of amides is 1. The van der Waals surface area contributed by atoms with Crippen LogP contribution in [0.15, 0.2) is 0 Å². The Kier molecular flexibility index (Phi) is 3.06. The Hall–Kier alpha value is -1.06. The molecule has 1 amide bonds. The average molecular weight is 265 g/mol. The minimum absolute atomic E-state index is 0.203. The zero-order valence-electron chi connectivity index (χ0n) is 11.6. The van der Waals surface area contributed by atoms with Crippen molar-refractivity contribution < 1.29 is 14.7 Å². The number of carbonyl (C=O) groups excluding carboxylic acids is 1. The first-order valence-electron chi connectivity index (χ1n) is 7.53. The maximum atomic E-state index is 12.6. The van der Waals surface area contributed by atoms with Crippen LogP contribution in [0.2, 0.25) is 0 Å². The maximum Gasteiger partial charge on any atom is 0.308 e. The lowest BCUT2D eigenvalue weighted by Gasteiger charge is -2.35. The summed E-state index contributed by atoms with van der Waals surface area (Å²) in [6.45, 7) is 3.22. The zero-order valence-corrected chi connectivity index (χ0v) is 11.6. The van der Waals surface area contributed by atoms with E-state index in [1.807, 2.05) is 11.8 Å². The highest BCUT2D eigenvalue weighted by Gasteiger charge is 2.59. The fourth-order valence-corrected chi connectivity index (χ4v) is 4.26. The number of carbonyl (C=O) groups is 2. The Morgan fingerprint density at radius 1 is 1.21 bits per heavy atom. The average Bonchev–Trinajstić information content (AvgIpc) is 2.85. The highest BCUT2D eigenvalue weighted by atomic mass is 16.4. The first-order valence-corrected chi connectivity index (χ1v) is 7.53. The lowest BCUT2D eigenvalue weighted by Crippen LogP contribution is -2.46. The zero-order chi connectivity index (χ0) is 13.6. The number of carboxylic acid groups (broad SMARTS) is 1. The van der Waals surface area contributed by atoms with E-state index in [0.717, 1.165) is 13.0 Å². The van der Waals surface area contributed by atoms with Gasteiger partial charge in [0.15, 0.2) is 0 Å². The van der Waals surface area contributed by atoms with Crippen molar-refractivity contribution in [3.63, 3.8) is 0 Å². The van der Waals surface area contributed by atoms with Gasteiger partial charge in [0.25, 0.3) is 0 Å². The number of carboxylic acids is 1. The summed E-state index contributed by atoms with van der Waals surface area (Å²) in [6.07, 6.45) is 6.68. The molecular weight excluding hydrogens is 242 g/mol. The third-order valence-electron chi connectivity index (χ3n) is 5.41. The second kappa shape index (κ2) is 4.50. The highest BCUT2D eigenvalue weighted by molar-refractivity contribution is 5.83. The molecule has 0 aromatic carbocycles. The summed E-state index contributed by atoms with van der Waals surface area (Å²) in [5.74, 6) is -0.381. The summed E-state index contributed by atoms with van der Waals surface area (Å²) < 4.78 is 0. The van der Waals surface area contributed by atoms with E-state index >= 15 is 0 Å². The van der Waals surface area contributed by atoms with Crippen LogP contribution in [0.25, 0.3) is 0 Å². The van der Waals surface area contributed by atoms with Gasteiger partial charge in [-0.3, -0.25) is 9.59 Å². The molecule has 0 bridgehead atoms. The Labute approximate surface area is 114 Å². The molecule has 106 valence electrons. The fourth-order valence-electron chi connectivity index (χ4n) is 4.26. The van der Waals surface area contributed by atoms with Gasteiger partial charge in [-0.2, -0.15) is 0 Å². The molecule has 4 nitrogen and oxygen atoms in total. The molecule has 1 N–H and O–H groups in total. The minimum Gasteiger partial charge on any atom is -0.481 e. The molecule has 19 heavy (non-hydrogen) atoms. The van der Waals surface area contributed by atoms with Gasteiger partial charge in [0.1, 0.15) is 0 Å². The predicted octanol–water partition coefficient (Wildman–Crippen LogP) is 2.14. The summed E-state index contributed by atoms with van der Waals surface area (Å²) in [4.78, 5) is 25.6. The SMILES string of the molecule is CC1CC(C(=O)O)CN(C(=O)C2CC23CCCC3)C1. The van der Waals surface area contributed by atoms with E-state index in [1.54, 1.807) is 0 Å². The molecule has 0 radical (unpaired) electrons. The normalized spacial score (nSPS) is 36.5. The van der Waals surface area contributed by atoms with Crippen molar-refractivity contribution in [3.05, 3.63) is 0 Å². The number of aliphatic carboxylic acids is 1. The van der Waals surface area contributed by atoms with Crippen LogP contribution in [0.5, 0.6) is 0 Å². The number of piperidine rings is 1. The van der Waals surface area contributed by atoms with Crippen LogP contribution in [0.1, 0.15) is 45.4 Å². The standard InChI is InChI=1S/C15H23NO3/c1-10-6-11(14(18)19)9-16(8-10)13(17)12-7-15(12)4-2-3-5-15/h10-12H,2-9H2,1H3,(H,18,19). The molecule has 1 saturated heterocycles. The van der Waals surface area contributed by atoms with Crippen molar-refractivity contribution in [2.24, 2.45) is 23.2 Å². The molecule has 1 heterocycles. The second-order valence-corrected chi connectivity index (χ2v) is 6.95. The summed E-state index contributed by atoms with van der Waals surface area (Å²) in [5, 5.41) is 9.18. The molecule has 0 aromatic rings. The van der Waals surface area contributed by atoms with Crippen molar-refractivity contribution in [1.29, 1.82) is 0 Å². The van der Waals surface area contributed by atoms with E-state index < -0.39 is 5.97 Å². The van der Waals surface area contributed by atoms with Crippen LogP contribution < -0.4 is 0 Å². The van der Waals surface area contributed by atoms with Crippen LogP contribution >= 0.6 is 0 Å². The summed E-state index contributed by atoms with van der Waals surface area (Å²) >= 11 is 0. The van der Waals surface area contributed by atoms with E-state index in [-0.39, 0.29) is 17.7 Å². The molecule has 3 atom stereocenters. The minimum atomic E-state index is -0.754. The third-order valence-corrected chi connectivity index (χ3v) is 5.41. The lowest BCUT2D eigenvalue weighted by atomic mass is 9.90. The first kappa shape index (κ1) is 12.9. The maximum absolute atomic E-state index is 12.6. The van der Waals surface area contributed by atoms with Crippen molar-refractivity contribution in [3.8, 4) is 0 Å². The van der Waals surface area contributed by atoms with E-state index in [9.17, 15) is 14.7 Å². The van der Waals surface area contributed by atoms with Gasteiger partial charge in [0.2, 0.25) is 5.91 Å². The van der Waals surface area contributed by atoms with Crippen LogP contribution in [-0.2, 0) is 9.59 Å². The van der Waals surface area contributed by atoms with Crippen molar-refractivity contribution >= 4 is 11.9 Å². The van der Waals surface area contributed by atoms with Gasteiger partial charge in [0.05, 0.1) is 5.92 Å². The van der Waals surface area contributed by atoms with Crippen molar-refractivity contribution in [2.45, 2.75) is 45.4 Å². The van der Waals surface area contributed by atoms with Crippen LogP contribution in [0.4, 0.5) is 0 Å². The largest absolute Gasteiger partial charge is 0.481 e. The number of hydrogen-bond donors (Lipinski definition) is 1. The summed E-state index contributed by atoms with van der Waals surface area (Å²) in [7, 11) is 0. The molecule has 3 aliphatic rings. The van der Waals surface area contributed by atoms with Gasteiger partial charge in [-0.05, 0) is 37.0 Å². The van der Waals surface area contributed by atoms with Crippen LogP contribution in [0, 0.1) is 23.2 Å². The van der Waals surface area contributed by atoms with Gasteiger partial charge in [-0.1, -0.05) is 19.8 Å². The Morgan fingerprint density at radius 2 is 1.89 bits per heavy atom. The summed E-state index contributed by atoms with van der Waals surface area (Å²) in [5.41, 5.74) is 0.316. The molecule has 3 fully saturated rings. The van der Waals surface area contributed by atoms with E-state index in [4.69, 9.17) is 0 Å². The molecular formula is C15H23NO3. The highest BCUT2D eigenvalue weighted by Crippen LogP contribution is 2.63. The number of hydrogen-bond acceptors (Lipinski definition) is 2. The smallest absolute Gasteiger partial charge is 0.308 e. The van der Waals surface area contributed by atoms with Gasteiger partial charge >= 0.3 is 5.97 Å². The Balaban J connectivity index is 1.65. The van der Waals surface area contributed by atoms with Gasteiger partial charge in [-0.25, -0.2) is 0 Å². The molecule has 2 saturated carbocycles. The molecule has 1 aliphatic heterocycles. The van der Waals surface area contributed by atoms with Gasteiger partial charge < -0.3 is 10.0 Å². The van der Waals surface area contributed by atoms with Crippen LogP contribution in [0.3, 0.4) is 0 Å².